The fourth-order valence-corrected chi connectivity index (χ4v) is 4.24. The molecule has 0 saturated carbocycles. The number of nitrogens with one attached hydrogen (secondary N) is 2. The van der Waals surface area contributed by atoms with Gasteiger partial charge in [-0.2, -0.15) is 0 Å². The fraction of sp³-hybridized carbons (Fsp3) is 0.464. The van der Waals surface area contributed by atoms with E-state index in [2.05, 4.69) is 22.8 Å². The predicted octanol–water partition coefficient (Wildman–Crippen LogP) is 4.79. The van der Waals surface area contributed by atoms with Crippen LogP contribution in [0.4, 0.5) is 4.79 Å². The van der Waals surface area contributed by atoms with E-state index in [-0.39, 0.29) is 18.4 Å². The third-order valence-corrected chi connectivity index (χ3v) is 5.79. The molecule has 35 heavy (non-hydrogen) atoms. The van der Waals surface area contributed by atoms with Crippen LogP contribution in [-0.2, 0) is 19.1 Å². The fourth-order valence-electron chi connectivity index (χ4n) is 4.24. The van der Waals surface area contributed by atoms with Crippen LogP contribution in [0.2, 0.25) is 0 Å². The number of carbonyl (C=O) groups is 3. The van der Waals surface area contributed by atoms with Crippen molar-refractivity contribution in [1.29, 1.82) is 0 Å². The topological polar surface area (TPSA) is 93.7 Å². The van der Waals surface area contributed by atoms with Crippen molar-refractivity contribution in [3.8, 4) is 11.1 Å². The number of amides is 2. The van der Waals surface area contributed by atoms with Gasteiger partial charge in [0.1, 0.15) is 24.3 Å². The second-order valence-electron chi connectivity index (χ2n) is 10.4. The lowest BCUT2D eigenvalue weighted by molar-refractivity contribution is -0.159. The van der Waals surface area contributed by atoms with Gasteiger partial charge in [0, 0.05) is 5.92 Å². The summed E-state index contributed by atoms with van der Waals surface area (Å²) in [5, 5.41) is 5.29. The monoisotopic (exact) mass is 480 g/mol. The number of esters is 1. The minimum absolute atomic E-state index is 0.0696. The van der Waals surface area contributed by atoms with Crippen molar-refractivity contribution in [2.45, 2.75) is 71.6 Å². The molecule has 2 amide bonds. The number of benzene rings is 2. The largest absolute Gasteiger partial charge is 0.458 e. The van der Waals surface area contributed by atoms with E-state index in [1.54, 1.807) is 27.7 Å². The van der Waals surface area contributed by atoms with Crippen LogP contribution in [0, 0.1) is 5.92 Å². The van der Waals surface area contributed by atoms with Crippen molar-refractivity contribution in [3.05, 3.63) is 59.7 Å². The smallest absolute Gasteiger partial charge is 0.407 e. The lowest BCUT2D eigenvalue weighted by Crippen LogP contribution is -2.52. The van der Waals surface area contributed by atoms with Gasteiger partial charge in [-0.1, -0.05) is 62.4 Å². The first kappa shape index (κ1) is 26.3. The van der Waals surface area contributed by atoms with Crippen molar-refractivity contribution in [3.63, 3.8) is 0 Å². The molecule has 188 valence electrons. The number of ether oxygens (including phenoxy) is 2. The average Bonchev–Trinajstić information content (AvgIpc) is 3.09. The van der Waals surface area contributed by atoms with Gasteiger partial charge in [-0.3, -0.25) is 4.79 Å². The first-order valence-corrected chi connectivity index (χ1v) is 12.1. The highest BCUT2D eigenvalue weighted by atomic mass is 16.6. The molecule has 2 atom stereocenters. The van der Waals surface area contributed by atoms with Gasteiger partial charge in [0.25, 0.3) is 0 Å². The van der Waals surface area contributed by atoms with E-state index in [0.29, 0.717) is 6.42 Å². The van der Waals surface area contributed by atoms with Gasteiger partial charge in [-0.05, 0) is 62.3 Å². The first-order chi connectivity index (χ1) is 16.5. The predicted molar refractivity (Wildman–Crippen MR) is 135 cm³/mol. The van der Waals surface area contributed by atoms with E-state index in [1.807, 2.05) is 50.2 Å². The highest BCUT2D eigenvalue weighted by Gasteiger charge is 2.31. The molecule has 7 nitrogen and oxygen atoms in total. The second kappa shape index (κ2) is 10.9. The Morgan fingerprint density at radius 3 is 1.94 bits per heavy atom. The summed E-state index contributed by atoms with van der Waals surface area (Å²) in [7, 11) is 0. The molecule has 0 heterocycles. The molecule has 0 spiro atoms. The lowest BCUT2D eigenvalue weighted by atomic mass is 9.98. The summed E-state index contributed by atoms with van der Waals surface area (Å²) < 4.78 is 11.0. The van der Waals surface area contributed by atoms with E-state index in [9.17, 15) is 14.4 Å². The third kappa shape index (κ3) is 6.84. The number of alkyl carbamates (subject to hydrolysis) is 1. The Bertz CT molecular complexity index is 1030. The van der Waals surface area contributed by atoms with Crippen LogP contribution in [0.1, 0.15) is 65.0 Å². The summed E-state index contributed by atoms with van der Waals surface area (Å²) in [5.41, 5.74) is 3.84. The molecule has 0 radical (unpaired) electrons. The number of rotatable bonds is 8. The molecular weight excluding hydrogens is 444 g/mol. The zero-order valence-electron chi connectivity index (χ0n) is 21.4. The molecule has 0 bridgehead atoms. The van der Waals surface area contributed by atoms with Crippen molar-refractivity contribution in [1.82, 2.24) is 10.6 Å². The Balaban J connectivity index is 1.58. The summed E-state index contributed by atoms with van der Waals surface area (Å²) in [6.45, 7) is 11.0. The molecule has 0 aromatic heterocycles. The van der Waals surface area contributed by atoms with Gasteiger partial charge in [-0.15, -0.1) is 0 Å². The number of carbonyl (C=O) groups excluding carboxylic acids is 3. The van der Waals surface area contributed by atoms with Crippen LogP contribution in [0.3, 0.4) is 0 Å². The zero-order chi connectivity index (χ0) is 25.8. The molecule has 1 aliphatic carbocycles. The Hall–Kier alpha value is -3.35. The summed E-state index contributed by atoms with van der Waals surface area (Å²) in [4.78, 5) is 37.8. The summed E-state index contributed by atoms with van der Waals surface area (Å²) in [6.07, 6.45) is -0.259. The Morgan fingerprint density at radius 2 is 1.43 bits per heavy atom. The van der Waals surface area contributed by atoms with E-state index in [0.717, 1.165) is 22.3 Å². The quantitative estimate of drug-likeness (QED) is 0.530. The summed E-state index contributed by atoms with van der Waals surface area (Å²) >= 11 is 0. The van der Waals surface area contributed by atoms with Crippen LogP contribution in [0.25, 0.3) is 11.1 Å². The standard InChI is InChI=1S/C28H36N2O5/c1-17(2)15-24(26(32)35-28(4,5)6)30-25(31)18(3)29-27(33)34-16-23-21-13-9-7-11-19(21)20-12-8-10-14-22(20)23/h7-14,17-18,23-24H,15-16H2,1-6H3,(H,29,33)(H,30,31)/t18-,24-/m0/s1. The minimum atomic E-state index is -0.886. The van der Waals surface area contributed by atoms with Crippen molar-refractivity contribution in [2.75, 3.05) is 6.61 Å². The van der Waals surface area contributed by atoms with Crippen LogP contribution < -0.4 is 10.6 Å². The lowest BCUT2D eigenvalue weighted by Gasteiger charge is -2.26. The van der Waals surface area contributed by atoms with Crippen molar-refractivity contribution >= 4 is 18.0 Å². The zero-order valence-corrected chi connectivity index (χ0v) is 21.4. The summed E-state index contributed by atoms with van der Waals surface area (Å²) in [6, 6.07) is 14.5. The molecule has 0 fully saturated rings. The van der Waals surface area contributed by atoms with Crippen molar-refractivity contribution in [2.24, 2.45) is 5.92 Å². The third-order valence-electron chi connectivity index (χ3n) is 5.79. The highest BCUT2D eigenvalue weighted by molar-refractivity contribution is 5.89. The van der Waals surface area contributed by atoms with Crippen LogP contribution in [-0.4, -0.2) is 42.3 Å². The Labute approximate surface area is 207 Å². The van der Waals surface area contributed by atoms with Gasteiger partial charge < -0.3 is 20.1 Å². The Morgan fingerprint density at radius 1 is 0.886 bits per heavy atom. The van der Waals surface area contributed by atoms with E-state index < -0.39 is 35.7 Å². The minimum Gasteiger partial charge on any atom is -0.458 e. The molecule has 1 aliphatic rings. The van der Waals surface area contributed by atoms with Crippen molar-refractivity contribution < 1.29 is 23.9 Å². The number of fused-ring (bicyclic) bond motifs is 3. The maximum atomic E-state index is 12.7. The molecular formula is C28H36N2O5. The molecule has 7 heteroatoms. The maximum Gasteiger partial charge on any atom is 0.407 e. The van der Waals surface area contributed by atoms with Crippen LogP contribution in [0.5, 0.6) is 0 Å². The molecule has 2 aromatic rings. The first-order valence-electron chi connectivity index (χ1n) is 12.1. The van der Waals surface area contributed by atoms with Crippen LogP contribution >= 0.6 is 0 Å². The second-order valence-corrected chi connectivity index (χ2v) is 10.4. The molecule has 0 saturated heterocycles. The van der Waals surface area contributed by atoms with Gasteiger partial charge in [0.2, 0.25) is 5.91 Å². The number of hydrogen-bond acceptors (Lipinski definition) is 5. The van der Waals surface area contributed by atoms with E-state index in [1.165, 1.54) is 0 Å². The van der Waals surface area contributed by atoms with E-state index >= 15 is 0 Å². The molecule has 0 aliphatic heterocycles. The maximum absolute atomic E-state index is 12.7. The number of hydrogen-bond donors (Lipinski definition) is 2. The molecule has 2 N–H and O–H groups in total. The molecule has 0 unspecified atom stereocenters. The normalized spacial score (nSPS) is 14.5. The SMILES string of the molecule is CC(C)C[C@H](NC(=O)[C@H](C)NC(=O)OCC1c2ccccc2-c2ccccc21)C(=O)OC(C)(C)C. The van der Waals surface area contributed by atoms with Gasteiger partial charge >= 0.3 is 12.1 Å². The Kier molecular flexibility index (Phi) is 8.20. The summed E-state index contributed by atoms with van der Waals surface area (Å²) in [5.74, 6) is -0.874. The molecule has 2 aromatic carbocycles. The average molecular weight is 481 g/mol. The molecule has 3 rings (SSSR count). The van der Waals surface area contributed by atoms with Crippen LogP contribution in [0.15, 0.2) is 48.5 Å². The van der Waals surface area contributed by atoms with Gasteiger partial charge in [0.15, 0.2) is 0 Å². The van der Waals surface area contributed by atoms with Gasteiger partial charge in [-0.25, -0.2) is 9.59 Å². The van der Waals surface area contributed by atoms with Gasteiger partial charge in [0.05, 0.1) is 0 Å². The highest BCUT2D eigenvalue weighted by Crippen LogP contribution is 2.44. The van der Waals surface area contributed by atoms with E-state index in [4.69, 9.17) is 9.47 Å².